The van der Waals surface area contributed by atoms with Crippen LogP contribution < -0.4 is 5.43 Å². The van der Waals surface area contributed by atoms with Crippen molar-refractivity contribution >= 4 is 17.6 Å². The van der Waals surface area contributed by atoms with Gasteiger partial charge < -0.3 is 5.11 Å². The Kier molecular flexibility index (Phi) is 3.16. The lowest BCUT2D eigenvalue weighted by atomic mass is 10.2. The van der Waals surface area contributed by atoms with E-state index in [9.17, 15) is 9.59 Å². The second-order valence-corrected chi connectivity index (χ2v) is 4.10. The Morgan fingerprint density at radius 3 is 2.78 bits per heavy atom. The molecule has 92 valence electrons. The number of rotatable bonds is 2. The van der Waals surface area contributed by atoms with Crippen molar-refractivity contribution in [2.24, 2.45) is 0 Å². The summed E-state index contributed by atoms with van der Waals surface area (Å²) in [5.41, 5.74) is -0.0389. The Bertz CT molecular complexity index is 679. The first-order chi connectivity index (χ1) is 8.50. The van der Waals surface area contributed by atoms with Gasteiger partial charge in [0.25, 0.3) is 0 Å². The average Bonchev–Trinajstić information content (AvgIpc) is 2.28. The van der Waals surface area contributed by atoms with Gasteiger partial charge >= 0.3 is 5.97 Å². The molecular formula is C12H9ClN2O3. The second-order valence-electron chi connectivity index (χ2n) is 3.67. The van der Waals surface area contributed by atoms with Crippen LogP contribution in [0.2, 0.25) is 5.02 Å². The third-order valence-corrected chi connectivity index (χ3v) is 2.72. The van der Waals surface area contributed by atoms with E-state index in [4.69, 9.17) is 16.7 Å². The Morgan fingerprint density at radius 1 is 1.44 bits per heavy atom. The lowest BCUT2D eigenvalue weighted by Crippen LogP contribution is -2.22. The molecule has 1 aromatic carbocycles. The fourth-order valence-corrected chi connectivity index (χ4v) is 1.86. The van der Waals surface area contributed by atoms with Crippen molar-refractivity contribution in [1.29, 1.82) is 0 Å². The maximum atomic E-state index is 11.4. The highest BCUT2D eigenvalue weighted by Gasteiger charge is 2.15. The third kappa shape index (κ3) is 2.12. The summed E-state index contributed by atoms with van der Waals surface area (Å²) in [5, 5.41) is 13.4. The highest BCUT2D eigenvalue weighted by Crippen LogP contribution is 2.15. The van der Waals surface area contributed by atoms with Crippen LogP contribution in [0.3, 0.4) is 0 Å². The van der Waals surface area contributed by atoms with Gasteiger partial charge in [-0.15, -0.1) is 0 Å². The average molecular weight is 265 g/mol. The van der Waals surface area contributed by atoms with Crippen molar-refractivity contribution in [3.8, 4) is 5.69 Å². The number of hydrogen-bond donors (Lipinski definition) is 1. The van der Waals surface area contributed by atoms with Crippen molar-refractivity contribution in [3.05, 3.63) is 57.0 Å². The van der Waals surface area contributed by atoms with Gasteiger partial charge in [-0.1, -0.05) is 17.7 Å². The van der Waals surface area contributed by atoms with E-state index in [0.29, 0.717) is 10.7 Å². The topological polar surface area (TPSA) is 72.2 Å². The van der Waals surface area contributed by atoms with Crippen LogP contribution in [0.25, 0.3) is 5.69 Å². The highest BCUT2D eigenvalue weighted by atomic mass is 35.5. The summed E-state index contributed by atoms with van der Waals surface area (Å²) in [7, 11) is 0. The Labute approximate surface area is 107 Å². The van der Waals surface area contributed by atoms with Crippen LogP contribution in [0.1, 0.15) is 16.1 Å². The highest BCUT2D eigenvalue weighted by molar-refractivity contribution is 6.30. The number of nitrogens with zero attached hydrogens (tertiary/aromatic N) is 2. The summed E-state index contributed by atoms with van der Waals surface area (Å²) in [5.74, 6) is -1.27. The molecule has 0 radical (unpaired) electrons. The molecule has 5 nitrogen and oxygen atoms in total. The van der Waals surface area contributed by atoms with Gasteiger partial charge in [-0.05, 0) is 25.1 Å². The van der Waals surface area contributed by atoms with E-state index in [0.717, 1.165) is 6.20 Å². The summed E-state index contributed by atoms with van der Waals surface area (Å²) >= 11 is 5.86. The van der Waals surface area contributed by atoms with Crippen LogP contribution in [-0.2, 0) is 0 Å². The van der Waals surface area contributed by atoms with Crippen molar-refractivity contribution in [3.63, 3.8) is 0 Å². The molecule has 0 amide bonds. The monoisotopic (exact) mass is 264 g/mol. The Morgan fingerprint density at radius 2 is 2.17 bits per heavy atom. The van der Waals surface area contributed by atoms with Gasteiger partial charge in [0.05, 0.1) is 17.6 Å². The molecule has 0 saturated heterocycles. The number of aromatic nitrogens is 2. The molecule has 0 aliphatic carbocycles. The van der Waals surface area contributed by atoms with Gasteiger partial charge in [0.15, 0.2) is 0 Å². The van der Waals surface area contributed by atoms with Crippen LogP contribution in [0.15, 0.2) is 35.3 Å². The molecule has 6 heteroatoms. The fourth-order valence-electron chi connectivity index (χ4n) is 1.67. The van der Waals surface area contributed by atoms with E-state index in [2.05, 4.69) is 5.10 Å². The van der Waals surface area contributed by atoms with Crippen molar-refractivity contribution < 1.29 is 9.90 Å². The smallest absolute Gasteiger partial charge is 0.341 e. The largest absolute Gasteiger partial charge is 0.477 e. The van der Waals surface area contributed by atoms with Gasteiger partial charge in [0.2, 0.25) is 5.43 Å². The second kappa shape index (κ2) is 4.62. The van der Waals surface area contributed by atoms with E-state index in [1.807, 2.05) is 0 Å². The number of benzene rings is 1. The molecule has 0 aliphatic rings. The first kappa shape index (κ1) is 12.3. The summed E-state index contributed by atoms with van der Waals surface area (Å²) in [6.07, 6.45) is 0.983. The standard InChI is InChI=1S/C12H9ClN2O3/c1-7-11(12(17)18)10(16)6-14-15(7)9-4-2-3-8(13)5-9/h2-6H,1H3,(H,17,18). The SMILES string of the molecule is Cc1c(C(=O)O)c(=O)cnn1-c1cccc(Cl)c1. The molecule has 0 fully saturated rings. The molecule has 0 saturated carbocycles. The van der Waals surface area contributed by atoms with Gasteiger partial charge in [-0.3, -0.25) is 4.79 Å². The minimum atomic E-state index is -1.27. The van der Waals surface area contributed by atoms with E-state index in [1.165, 1.54) is 11.6 Å². The molecule has 18 heavy (non-hydrogen) atoms. The minimum Gasteiger partial charge on any atom is -0.477 e. The van der Waals surface area contributed by atoms with E-state index >= 15 is 0 Å². The molecule has 2 rings (SSSR count). The van der Waals surface area contributed by atoms with Gasteiger partial charge in [0.1, 0.15) is 5.56 Å². The van der Waals surface area contributed by atoms with E-state index < -0.39 is 11.4 Å². The predicted octanol–water partition coefficient (Wildman–Crippen LogP) is 1.89. The number of hydrogen-bond acceptors (Lipinski definition) is 3. The summed E-state index contributed by atoms with van der Waals surface area (Å²) in [4.78, 5) is 22.5. The van der Waals surface area contributed by atoms with Crippen LogP contribution in [0.4, 0.5) is 0 Å². The van der Waals surface area contributed by atoms with Gasteiger partial charge in [0, 0.05) is 5.02 Å². The lowest BCUT2D eigenvalue weighted by Gasteiger charge is -2.10. The van der Waals surface area contributed by atoms with Crippen LogP contribution in [-0.4, -0.2) is 20.9 Å². The molecule has 0 bridgehead atoms. The van der Waals surface area contributed by atoms with Crippen LogP contribution in [0.5, 0.6) is 0 Å². The molecule has 1 aromatic heterocycles. The first-order valence-electron chi connectivity index (χ1n) is 5.09. The zero-order valence-electron chi connectivity index (χ0n) is 9.42. The summed E-state index contributed by atoms with van der Waals surface area (Å²) in [6, 6.07) is 6.78. The lowest BCUT2D eigenvalue weighted by molar-refractivity contribution is 0.0693. The Balaban J connectivity index is 2.71. The third-order valence-electron chi connectivity index (χ3n) is 2.48. The zero-order valence-corrected chi connectivity index (χ0v) is 10.2. The predicted molar refractivity (Wildman–Crippen MR) is 66.5 cm³/mol. The number of halogens is 1. The maximum absolute atomic E-state index is 11.4. The molecule has 0 unspecified atom stereocenters. The quantitative estimate of drug-likeness (QED) is 0.899. The van der Waals surface area contributed by atoms with Crippen LogP contribution in [0, 0.1) is 6.92 Å². The molecule has 0 atom stereocenters. The molecule has 1 heterocycles. The summed E-state index contributed by atoms with van der Waals surface area (Å²) < 4.78 is 1.37. The summed E-state index contributed by atoms with van der Waals surface area (Å²) in [6.45, 7) is 1.53. The Hall–Kier alpha value is -2.14. The number of carboxylic acids is 1. The number of carboxylic acid groups (broad SMARTS) is 1. The minimum absolute atomic E-state index is 0.261. The van der Waals surface area contributed by atoms with Gasteiger partial charge in [-0.25, -0.2) is 9.48 Å². The molecule has 0 spiro atoms. The van der Waals surface area contributed by atoms with Crippen molar-refractivity contribution in [2.75, 3.05) is 0 Å². The molecular weight excluding hydrogens is 256 g/mol. The van der Waals surface area contributed by atoms with Gasteiger partial charge in [-0.2, -0.15) is 5.10 Å². The van der Waals surface area contributed by atoms with Crippen molar-refractivity contribution in [2.45, 2.75) is 6.92 Å². The zero-order chi connectivity index (χ0) is 13.3. The van der Waals surface area contributed by atoms with Crippen LogP contribution >= 0.6 is 11.6 Å². The normalized spacial score (nSPS) is 10.3. The molecule has 0 aliphatic heterocycles. The first-order valence-corrected chi connectivity index (χ1v) is 5.46. The van der Waals surface area contributed by atoms with Crippen molar-refractivity contribution in [1.82, 2.24) is 9.78 Å². The molecule has 1 N–H and O–H groups in total. The van der Waals surface area contributed by atoms with E-state index in [1.54, 1.807) is 24.3 Å². The maximum Gasteiger partial charge on any atom is 0.341 e. The fraction of sp³-hybridized carbons (Fsp3) is 0.0833. The number of aromatic carboxylic acids is 1. The van der Waals surface area contributed by atoms with E-state index in [-0.39, 0.29) is 11.3 Å². The molecule has 2 aromatic rings. The number of carbonyl (C=O) groups is 1.